The summed E-state index contributed by atoms with van der Waals surface area (Å²) in [4.78, 5) is 25.4. The first-order valence-electron chi connectivity index (χ1n) is 8.12. The smallest absolute Gasteiger partial charge is 0.339 e. The topological polar surface area (TPSA) is 72.5 Å². The molecule has 2 aromatic rings. The van der Waals surface area contributed by atoms with Crippen molar-refractivity contribution >= 4 is 34.4 Å². The average molecular weight is 392 g/mol. The van der Waals surface area contributed by atoms with Gasteiger partial charge in [0, 0.05) is 17.7 Å². The second-order valence-electron chi connectivity index (χ2n) is 5.39. The number of carbonyl (C=O) groups excluding carboxylic acids is 2. The van der Waals surface area contributed by atoms with E-state index in [0.717, 1.165) is 12.2 Å². The Hall–Kier alpha value is -2.12. The molecule has 0 saturated heterocycles. The molecule has 0 heterocycles. The lowest BCUT2D eigenvalue weighted by Gasteiger charge is -2.08. The number of rotatable bonds is 9. The lowest BCUT2D eigenvalue weighted by molar-refractivity contribution is -0.124. The molecule has 0 aliphatic heterocycles. The maximum Gasteiger partial charge on any atom is 0.339 e. The van der Waals surface area contributed by atoms with Gasteiger partial charge in [0.1, 0.15) is 0 Å². The van der Waals surface area contributed by atoms with Crippen LogP contribution in [0.3, 0.4) is 0 Å². The van der Waals surface area contributed by atoms with Gasteiger partial charge in [-0.05, 0) is 36.4 Å². The number of hydrogen-bond donors (Lipinski definition) is 1. The zero-order valence-electron chi connectivity index (χ0n) is 14.5. The SMILES string of the molecule is C[S@@](=O)c1ccccc1C(=O)OCC(=O)NCCCSc1ccccc1. The first-order valence-corrected chi connectivity index (χ1v) is 10.7. The van der Waals surface area contributed by atoms with E-state index in [0.29, 0.717) is 11.4 Å². The fourth-order valence-corrected chi connectivity index (χ4v) is 3.76. The van der Waals surface area contributed by atoms with Crippen LogP contribution in [0.2, 0.25) is 0 Å². The summed E-state index contributed by atoms with van der Waals surface area (Å²) in [6.07, 6.45) is 2.31. The van der Waals surface area contributed by atoms with Crippen LogP contribution < -0.4 is 5.32 Å². The minimum Gasteiger partial charge on any atom is -0.452 e. The number of benzene rings is 2. The highest BCUT2D eigenvalue weighted by atomic mass is 32.2. The maximum atomic E-state index is 12.1. The highest BCUT2D eigenvalue weighted by Crippen LogP contribution is 2.17. The minimum atomic E-state index is -1.30. The van der Waals surface area contributed by atoms with Crippen LogP contribution in [0.4, 0.5) is 0 Å². The number of nitrogens with one attached hydrogen (secondary N) is 1. The molecule has 1 atom stereocenters. The van der Waals surface area contributed by atoms with E-state index in [1.807, 2.05) is 30.3 Å². The van der Waals surface area contributed by atoms with Crippen LogP contribution in [0.15, 0.2) is 64.4 Å². The van der Waals surface area contributed by atoms with Crippen molar-refractivity contribution < 1.29 is 18.5 Å². The van der Waals surface area contributed by atoms with Gasteiger partial charge in [0.2, 0.25) is 0 Å². The first-order chi connectivity index (χ1) is 12.6. The second kappa shape index (κ2) is 10.8. The van der Waals surface area contributed by atoms with Gasteiger partial charge in [0.25, 0.3) is 5.91 Å². The Bertz CT molecular complexity index is 765. The van der Waals surface area contributed by atoms with Gasteiger partial charge in [-0.1, -0.05) is 30.3 Å². The Morgan fingerprint density at radius 2 is 1.77 bits per heavy atom. The summed E-state index contributed by atoms with van der Waals surface area (Å²) in [6, 6.07) is 16.6. The summed E-state index contributed by atoms with van der Waals surface area (Å²) < 4.78 is 16.7. The summed E-state index contributed by atoms with van der Waals surface area (Å²) in [5, 5.41) is 2.72. The van der Waals surface area contributed by atoms with Crippen molar-refractivity contribution in [2.75, 3.05) is 25.2 Å². The van der Waals surface area contributed by atoms with E-state index in [-0.39, 0.29) is 18.1 Å². The van der Waals surface area contributed by atoms with Gasteiger partial charge in [0.05, 0.1) is 21.3 Å². The third-order valence-electron chi connectivity index (χ3n) is 3.41. The molecule has 2 aromatic carbocycles. The fourth-order valence-electron chi connectivity index (χ4n) is 2.15. The fraction of sp³-hybridized carbons (Fsp3) is 0.263. The van der Waals surface area contributed by atoms with Gasteiger partial charge in [-0.25, -0.2) is 4.79 Å². The van der Waals surface area contributed by atoms with Crippen LogP contribution in [-0.2, 0) is 20.3 Å². The molecule has 26 heavy (non-hydrogen) atoms. The van der Waals surface area contributed by atoms with Crippen LogP contribution in [0, 0.1) is 0 Å². The van der Waals surface area contributed by atoms with E-state index in [9.17, 15) is 13.8 Å². The number of amides is 1. The van der Waals surface area contributed by atoms with Crippen molar-refractivity contribution in [1.29, 1.82) is 0 Å². The third kappa shape index (κ3) is 6.65. The van der Waals surface area contributed by atoms with Crippen LogP contribution in [0.1, 0.15) is 16.8 Å². The van der Waals surface area contributed by atoms with Crippen molar-refractivity contribution in [3.8, 4) is 0 Å². The van der Waals surface area contributed by atoms with Crippen molar-refractivity contribution in [3.63, 3.8) is 0 Å². The Labute approximate surface area is 160 Å². The molecule has 0 aromatic heterocycles. The van der Waals surface area contributed by atoms with Crippen molar-refractivity contribution in [2.24, 2.45) is 0 Å². The summed E-state index contributed by atoms with van der Waals surface area (Å²) in [7, 11) is -1.30. The van der Waals surface area contributed by atoms with E-state index in [1.165, 1.54) is 17.2 Å². The van der Waals surface area contributed by atoms with E-state index in [2.05, 4.69) is 5.32 Å². The monoisotopic (exact) mass is 391 g/mol. The quantitative estimate of drug-likeness (QED) is 0.404. The van der Waals surface area contributed by atoms with Crippen molar-refractivity contribution in [2.45, 2.75) is 16.2 Å². The Morgan fingerprint density at radius 3 is 2.50 bits per heavy atom. The van der Waals surface area contributed by atoms with E-state index < -0.39 is 16.8 Å². The van der Waals surface area contributed by atoms with Crippen LogP contribution >= 0.6 is 11.8 Å². The largest absolute Gasteiger partial charge is 0.452 e. The van der Waals surface area contributed by atoms with E-state index in [1.54, 1.807) is 30.0 Å². The van der Waals surface area contributed by atoms with Gasteiger partial charge in [-0.2, -0.15) is 0 Å². The number of carbonyl (C=O) groups is 2. The van der Waals surface area contributed by atoms with Crippen LogP contribution in [0.5, 0.6) is 0 Å². The molecule has 0 spiro atoms. The molecular formula is C19H21NO4S2. The van der Waals surface area contributed by atoms with Crippen LogP contribution in [-0.4, -0.2) is 41.2 Å². The highest BCUT2D eigenvalue weighted by molar-refractivity contribution is 7.99. The zero-order chi connectivity index (χ0) is 18.8. The van der Waals surface area contributed by atoms with Gasteiger partial charge < -0.3 is 10.1 Å². The Kier molecular flexibility index (Phi) is 8.37. The molecule has 2 rings (SSSR count). The van der Waals surface area contributed by atoms with Gasteiger partial charge in [-0.3, -0.25) is 9.00 Å². The first kappa shape index (κ1) is 20.2. The predicted octanol–water partition coefficient (Wildman–Crippen LogP) is 2.88. The normalized spacial score (nSPS) is 11.6. The molecule has 5 nitrogen and oxygen atoms in total. The molecular weight excluding hydrogens is 370 g/mol. The Balaban J connectivity index is 1.67. The molecule has 0 aliphatic carbocycles. The highest BCUT2D eigenvalue weighted by Gasteiger charge is 2.15. The average Bonchev–Trinajstić information content (AvgIpc) is 2.66. The maximum absolute atomic E-state index is 12.1. The standard InChI is InChI=1S/C19H21NO4S2/c1-26(23)17-11-6-5-10-16(17)19(22)24-14-18(21)20-12-7-13-25-15-8-3-2-4-9-15/h2-6,8-11H,7,12-14H2,1H3,(H,20,21)/t26-/m1/s1. The van der Waals surface area contributed by atoms with E-state index in [4.69, 9.17) is 4.74 Å². The lowest BCUT2D eigenvalue weighted by Crippen LogP contribution is -2.30. The summed E-state index contributed by atoms with van der Waals surface area (Å²) >= 11 is 1.73. The van der Waals surface area contributed by atoms with Crippen molar-refractivity contribution in [3.05, 3.63) is 60.2 Å². The minimum absolute atomic E-state index is 0.223. The lowest BCUT2D eigenvalue weighted by atomic mass is 10.2. The van der Waals surface area contributed by atoms with E-state index >= 15 is 0 Å². The second-order valence-corrected chi connectivity index (χ2v) is 7.91. The zero-order valence-corrected chi connectivity index (χ0v) is 16.1. The number of ether oxygens (including phenoxy) is 1. The molecule has 0 saturated carbocycles. The van der Waals surface area contributed by atoms with Crippen LogP contribution in [0.25, 0.3) is 0 Å². The van der Waals surface area contributed by atoms with Crippen molar-refractivity contribution in [1.82, 2.24) is 5.32 Å². The van der Waals surface area contributed by atoms with Gasteiger partial charge >= 0.3 is 5.97 Å². The van der Waals surface area contributed by atoms with Gasteiger partial charge in [0.15, 0.2) is 6.61 Å². The molecule has 0 fully saturated rings. The number of esters is 1. The molecule has 1 amide bonds. The summed E-state index contributed by atoms with van der Waals surface area (Å²) in [6.45, 7) is 0.168. The number of hydrogen-bond acceptors (Lipinski definition) is 5. The summed E-state index contributed by atoms with van der Waals surface area (Å²) in [5.74, 6) is -0.108. The summed E-state index contributed by atoms with van der Waals surface area (Å²) in [5.41, 5.74) is 0.223. The predicted molar refractivity (Wildman–Crippen MR) is 104 cm³/mol. The molecule has 0 aliphatic rings. The molecule has 7 heteroatoms. The molecule has 0 radical (unpaired) electrons. The molecule has 138 valence electrons. The molecule has 1 N–H and O–H groups in total. The third-order valence-corrected chi connectivity index (χ3v) is 5.48. The number of thioether (sulfide) groups is 1. The molecule has 0 unspecified atom stereocenters. The Morgan fingerprint density at radius 1 is 1.08 bits per heavy atom. The van der Waals surface area contributed by atoms with Gasteiger partial charge in [-0.15, -0.1) is 11.8 Å². The molecule has 0 bridgehead atoms.